The van der Waals surface area contributed by atoms with E-state index in [1.54, 1.807) is 33.7 Å². The average Bonchev–Trinajstić information content (AvgIpc) is 3.53. The molecule has 2 aromatic carbocycles. The number of nitrogens with one attached hydrogen (secondary N) is 1. The van der Waals surface area contributed by atoms with Crippen molar-refractivity contribution in [3.8, 4) is 23.0 Å². The largest absolute Gasteiger partial charge is 0.497 e. The van der Waals surface area contributed by atoms with Crippen LogP contribution in [0.1, 0.15) is 35.8 Å². The maximum atomic E-state index is 12.9. The minimum absolute atomic E-state index is 0.102. The van der Waals surface area contributed by atoms with Crippen LogP contribution in [-0.2, 0) is 11.3 Å². The van der Waals surface area contributed by atoms with Crippen LogP contribution in [0.5, 0.6) is 23.0 Å². The van der Waals surface area contributed by atoms with Gasteiger partial charge in [-0.1, -0.05) is 6.07 Å². The molecule has 37 heavy (non-hydrogen) atoms. The Balaban J connectivity index is 1.71. The first-order valence-electron chi connectivity index (χ1n) is 11.9. The smallest absolute Gasteiger partial charge is 0.224 e. The summed E-state index contributed by atoms with van der Waals surface area (Å²) in [6.45, 7) is 2.34. The van der Waals surface area contributed by atoms with Crippen LogP contribution in [-0.4, -0.2) is 45.6 Å². The second-order valence-corrected chi connectivity index (χ2v) is 8.43. The fraction of sp³-hybridized carbons (Fsp3) is 0.276. The number of rotatable bonds is 11. The number of aliphatic hydroxyl groups is 1. The van der Waals surface area contributed by atoms with Crippen molar-refractivity contribution in [3.63, 3.8) is 0 Å². The van der Waals surface area contributed by atoms with E-state index in [1.165, 1.54) is 0 Å². The minimum atomic E-state index is -0.125. The number of amides is 1. The Kier molecular flexibility index (Phi) is 8.20. The van der Waals surface area contributed by atoms with Gasteiger partial charge in [-0.05, 0) is 82.8 Å². The summed E-state index contributed by atoms with van der Waals surface area (Å²) in [6, 6.07) is 13.2. The van der Waals surface area contributed by atoms with E-state index in [9.17, 15) is 4.79 Å². The highest BCUT2D eigenvalue weighted by atomic mass is 16.5. The molecular weight excluding hydrogens is 474 g/mol. The molecule has 0 aliphatic heterocycles. The summed E-state index contributed by atoms with van der Waals surface area (Å²) in [5, 5.41) is 12.1. The molecule has 0 radical (unpaired) electrons. The highest BCUT2D eigenvalue weighted by molar-refractivity contribution is 6.08. The Hall–Kier alpha value is -4.17. The zero-order chi connectivity index (χ0) is 26.4. The van der Waals surface area contributed by atoms with Crippen LogP contribution in [0.15, 0.2) is 58.7 Å². The van der Waals surface area contributed by atoms with E-state index in [0.29, 0.717) is 29.6 Å². The van der Waals surface area contributed by atoms with Crippen LogP contribution in [0.2, 0.25) is 0 Å². The minimum Gasteiger partial charge on any atom is -0.497 e. The molecule has 0 fully saturated rings. The Labute approximate surface area is 216 Å². The number of furan rings is 1. The quantitative estimate of drug-likeness (QED) is 0.389. The van der Waals surface area contributed by atoms with Crippen molar-refractivity contribution >= 4 is 23.1 Å². The maximum Gasteiger partial charge on any atom is 0.224 e. The third-order valence-electron chi connectivity index (χ3n) is 6.21. The molecule has 8 heteroatoms. The van der Waals surface area contributed by atoms with E-state index in [1.807, 2.05) is 49.4 Å². The second kappa shape index (κ2) is 11.7. The predicted octanol–water partition coefficient (Wildman–Crippen LogP) is 4.71. The van der Waals surface area contributed by atoms with Crippen LogP contribution in [0.25, 0.3) is 17.2 Å². The van der Waals surface area contributed by atoms with Gasteiger partial charge in [0.05, 0.1) is 47.2 Å². The highest BCUT2D eigenvalue weighted by Gasteiger charge is 2.26. The zero-order valence-corrected chi connectivity index (χ0v) is 21.4. The third kappa shape index (κ3) is 5.65. The summed E-state index contributed by atoms with van der Waals surface area (Å²) in [7, 11) is 4.73. The number of allylic oxidation sites excluding steroid dienone is 2. The number of carbonyl (C=O) groups excluding carboxylic acids is 1. The van der Waals surface area contributed by atoms with Gasteiger partial charge in [-0.25, -0.2) is 0 Å². The van der Waals surface area contributed by atoms with Crippen molar-refractivity contribution < 1.29 is 33.3 Å². The Morgan fingerprint density at radius 3 is 2.41 bits per heavy atom. The van der Waals surface area contributed by atoms with Crippen molar-refractivity contribution in [2.45, 2.75) is 19.9 Å². The lowest BCUT2D eigenvalue weighted by Gasteiger charge is -2.15. The van der Waals surface area contributed by atoms with Crippen molar-refractivity contribution in [1.82, 2.24) is 5.32 Å². The van der Waals surface area contributed by atoms with Gasteiger partial charge >= 0.3 is 0 Å². The van der Waals surface area contributed by atoms with E-state index in [-0.39, 0.29) is 25.5 Å². The fourth-order valence-corrected chi connectivity index (χ4v) is 4.38. The van der Waals surface area contributed by atoms with Gasteiger partial charge in [0.25, 0.3) is 0 Å². The molecule has 1 heterocycles. The molecule has 1 aliphatic rings. The first-order valence-corrected chi connectivity index (χ1v) is 11.9. The Bertz CT molecular complexity index is 1300. The molecule has 194 valence electrons. The molecule has 0 spiro atoms. The first kappa shape index (κ1) is 25.9. The number of carbonyl (C=O) groups is 1. The van der Waals surface area contributed by atoms with Crippen molar-refractivity contribution in [2.24, 2.45) is 0 Å². The third-order valence-corrected chi connectivity index (χ3v) is 6.21. The van der Waals surface area contributed by atoms with E-state index in [2.05, 4.69) is 5.32 Å². The maximum absolute atomic E-state index is 12.9. The molecule has 1 aromatic heterocycles. The number of aliphatic hydroxyl groups excluding tert-OH is 1. The van der Waals surface area contributed by atoms with Crippen molar-refractivity contribution in [1.29, 1.82) is 0 Å². The van der Waals surface area contributed by atoms with Gasteiger partial charge in [0.1, 0.15) is 18.1 Å². The molecule has 4 rings (SSSR count). The number of methoxy groups -OCH3 is 3. The SMILES string of the molecule is COc1ccc2c(c1)C(CC(=O)NCc1ccco1)=C(C)C2=Cc1cc(OC)c(OCCO)c(OC)c1. The van der Waals surface area contributed by atoms with Gasteiger partial charge in [-0.2, -0.15) is 0 Å². The van der Waals surface area contributed by atoms with Crippen molar-refractivity contribution in [2.75, 3.05) is 34.5 Å². The van der Waals surface area contributed by atoms with E-state index in [0.717, 1.165) is 39.2 Å². The normalized spacial score (nSPS) is 13.5. The second-order valence-electron chi connectivity index (χ2n) is 8.43. The summed E-state index contributed by atoms with van der Waals surface area (Å²) < 4.78 is 27.5. The molecule has 0 saturated heterocycles. The van der Waals surface area contributed by atoms with E-state index in [4.69, 9.17) is 28.5 Å². The van der Waals surface area contributed by atoms with Gasteiger partial charge in [0.2, 0.25) is 11.7 Å². The van der Waals surface area contributed by atoms with Crippen LogP contribution >= 0.6 is 0 Å². The first-order chi connectivity index (χ1) is 18.0. The van der Waals surface area contributed by atoms with Crippen molar-refractivity contribution in [3.05, 3.63) is 76.8 Å². The summed E-state index contributed by atoms with van der Waals surface area (Å²) in [4.78, 5) is 12.9. The summed E-state index contributed by atoms with van der Waals surface area (Å²) in [5.74, 6) is 2.73. The molecule has 3 aromatic rings. The highest BCUT2D eigenvalue weighted by Crippen LogP contribution is 2.46. The van der Waals surface area contributed by atoms with Crippen LogP contribution in [0.4, 0.5) is 0 Å². The number of hydrogen-bond donors (Lipinski definition) is 2. The molecule has 0 atom stereocenters. The van der Waals surface area contributed by atoms with E-state index >= 15 is 0 Å². The lowest BCUT2D eigenvalue weighted by molar-refractivity contribution is -0.120. The molecular formula is C29H31NO7. The molecule has 8 nitrogen and oxygen atoms in total. The van der Waals surface area contributed by atoms with Crippen LogP contribution in [0.3, 0.4) is 0 Å². The van der Waals surface area contributed by atoms with Gasteiger partial charge in [-0.15, -0.1) is 0 Å². The van der Waals surface area contributed by atoms with Gasteiger partial charge in [-0.3, -0.25) is 4.79 Å². The van der Waals surface area contributed by atoms with Gasteiger partial charge < -0.3 is 33.8 Å². The number of benzene rings is 2. The molecule has 0 unspecified atom stereocenters. The summed E-state index contributed by atoms with van der Waals surface area (Å²) >= 11 is 0. The molecule has 0 bridgehead atoms. The van der Waals surface area contributed by atoms with Crippen LogP contribution < -0.4 is 24.3 Å². The zero-order valence-electron chi connectivity index (χ0n) is 21.4. The molecule has 0 saturated carbocycles. The topological polar surface area (TPSA) is 99.4 Å². The molecule has 2 N–H and O–H groups in total. The Morgan fingerprint density at radius 2 is 1.78 bits per heavy atom. The van der Waals surface area contributed by atoms with Gasteiger partial charge in [0, 0.05) is 0 Å². The lowest BCUT2D eigenvalue weighted by Crippen LogP contribution is -2.22. The van der Waals surface area contributed by atoms with E-state index < -0.39 is 0 Å². The number of fused-ring (bicyclic) bond motifs is 1. The predicted molar refractivity (Wildman–Crippen MR) is 141 cm³/mol. The van der Waals surface area contributed by atoms with Crippen LogP contribution in [0, 0.1) is 0 Å². The summed E-state index contributed by atoms with van der Waals surface area (Å²) in [5.41, 5.74) is 5.71. The number of hydrogen-bond acceptors (Lipinski definition) is 7. The Morgan fingerprint density at radius 1 is 1.03 bits per heavy atom. The average molecular weight is 506 g/mol. The summed E-state index contributed by atoms with van der Waals surface area (Å²) in [6.07, 6.45) is 3.83. The standard InChI is InChI=1S/C29H31NO7/c1-18-23(12-19-13-26(34-3)29(37-11-9-31)27(14-19)35-4)22-8-7-20(33-2)15-25(22)24(18)16-28(32)30-17-21-6-5-10-36-21/h5-8,10,12-15,31H,9,11,16-17H2,1-4H3,(H,30,32). The monoisotopic (exact) mass is 505 g/mol. The molecule has 1 aliphatic carbocycles. The number of ether oxygens (including phenoxy) is 4. The lowest BCUT2D eigenvalue weighted by atomic mass is 10.00. The fourth-order valence-electron chi connectivity index (χ4n) is 4.38. The van der Waals surface area contributed by atoms with Gasteiger partial charge in [0.15, 0.2) is 11.5 Å². The molecule has 1 amide bonds.